The van der Waals surface area contributed by atoms with Crippen molar-refractivity contribution in [2.75, 3.05) is 24.7 Å². The summed E-state index contributed by atoms with van der Waals surface area (Å²) in [6.45, 7) is 0.834. The van der Waals surface area contributed by atoms with E-state index in [1.54, 1.807) is 18.4 Å². The van der Waals surface area contributed by atoms with Crippen LogP contribution in [0.2, 0.25) is 0 Å². The monoisotopic (exact) mass is 432 g/mol. The molecule has 0 bridgehead atoms. The molecule has 146 valence electrons. The van der Waals surface area contributed by atoms with Gasteiger partial charge >= 0.3 is 0 Å². The van der Waals surface area contributed by atoms with Crippen molar-refractivity contribution in [2.45, 2.75) is 23.2 Å². The molecule has 1 amide bonds. The lowest BCUT2D eigenvalue weighted by Gasteiger charge is -2.23. The predicted octanol–water partition coefficient (Wildman–Crippen LogP) is 4.81. The van der Waals surface area contributed by atoms with E-state index in [9.17, 15) is 4.79 Å². The minimum absolute atomic E-state index is 0.165. The van der Waals surface area contributed by atoms with E-state index in [1.165, 1.54) is 28.0 Å². The average molecular weight is 433 g/mol. The van der Waals surface area contributed by atoms with E-state index >= 15 is 0 Å². The fraction of sp³-hybridized carbons (Fsp3) is 0.316. The molecule has 6 nitrogen and oxygen atoms in total. The van der Waals surface area contributed by atoms with Gasteiger partial charge in [0, 0.05) is 23.2 Å². The van der Waals surface area contributed by atoms with Crippen molar-refractivity contribution in [2.24, 2.45) is 0 Å². The summed E-state index contributed by atoms with van der Waals surface area (Å²) in [5, 5.41) is 14.4. The third-order valence-electron chi connectivity index (χ3n) is 4.49. The largest absolute Gasteiger partial charge is 0.497 e. The van der Waals surface area contributed by atoms with E-state index in [0.29, 0.717) is 10.9 Å². The molecule has 3 aromatic rings. The molecule has 28 heavy (non-hydrogen) atoms. The summed E-state index contributed by atoms with van der Waals surface area (Å²) in [5.74, 6) is 1.33. The molecule has 1 atom stereocenters. The molecule has 1 aliphatic heterocycles. The SMILES string of the molecule is COc1cccc(Nc2nnc(SCC(=O)N3CCCC3c3cccs3)s2)c1. The van der Waals surface area contributed by atoms with Gasteiger partial charge in [0.15, 0.2) is 4.34 Å². The minimum Gasteiger partial charge on any atom is -0.497 e. The highest BCUT2D eigenvalue weighted by Crippen LogP contribution is 2.35. The van der Waals surface area contributed by atoms with Gasteiger partial charge in [0.05, 0.1) is 18.9 Å². The van der Waals surface area contributed by atoms with Crippen LogP contribution in [-0.2, 0) is 4.79 Å². The molecule has 4 rings (SSSR count). The van der Waals surface area contributed by atoms with Gasteiger partial charge in [-0.2, -0.15) is 0 Å². The van der Waals surface area contributed by atoms with Crippen molar-refractivity contribution in [3.8, 4) is 5.75 Å². The maximum absolute atomic E-state index is 12.7. The average Bonchev–Trinajstić information content (AvgIpc) is 3.47. The summed E-state index contributed by atoms with van der Waals surface area (Å²) in [4.78, 5) is 16.0. The highest BCUT2D eigenvalue weighted by atomic mass is 32.2. The van der Waals surface area contributed by atoms with Crippen LogP contribution in [0.5, 0.6) is 5.75 Å². The molecule has 2 aromatic heterocycles. The standard InChI is InChI=1S/C19H20N4O2S3/c1-25-14-6-2-5-13(11-14)20-18-21-22-19(28-18)27-12-17(24)23-9-3-7-15(23)16-8-4-10-26-16/h2,4-6,8,10-11,15H,3,7,9,12H2,1H3,(H,20,21). The molecular weight excluding hydrogens is 412 g/mol. The van der Waals surface area contributed by atoms with E-state index in [-0.39, 0.29) is 11.9 Å². The fourth-order valence-corrected chi connectivity index (χ4v) is 5.72. The number of ether oxygens (including phenoxy) is 1. The number of rotatable bonds is 7. The predicted molar refractivity (Wildman–Crippen MR) is 115 cm³/mol. The molecule has 0 radical (unpaired) electrons. The Morgan fingerprint density at radius 3 is 3.11 bits per heavy atom. The van der Waals surface area contributed by atoms with Crippen LogP contribution in [0.15, 0.2) is 46.1 Å². The second kappa shape index (κ2) is 8.93. The number of thioether (sulfide) groups is 1. The molecule has 0 saturated carbocycles. The van der Waals surface area contributed by atoms with Gasteiger partial charge in [0.2, 0.25) is 11.0 Å². The van der Waals surface area contributed by atoms with Crippen molar-refractivity contribution in [1.82, 2.24) is 15.1 Å². The number of nitrogens with one attached hydrogen (secondary N) is 1. The number of amides is 1. The van der Waals surface area contributed by atoms with Crippen molar-refractivity contribution >= 4 is 51.2 Å². The molecule has 1 fully saturated rings. The van der Waals surface area contributed by atoms with Crippen molar-refractivity contribution in [1.29, 1.82) is 0 Å². The van der Waals surface area contributed by atoms with Gasteiger partial charge in [-0.05, 0) is 36.4 Å². The zero-order valence-electron chi connectivity index (χ0n) is 15.3. The summed E-state index contributed by atoms with van der Waals surface area (Å²) in [6, 6.07) is 12.0. The number of hydrogen-bond donors (Lipinski definition) is 1. The number of hydrogen-bond acceptors (Lipinski definition) is 8. The number of likely N-dealkylation sites (tertiary alicyclic amines) is 1. The van der Waals surface area contributed by atoms with Gasteiger partial charge in [-0.15, -0.1) is 21.5 Å². The van der Waals surface area contributed by atoms with E-state index in [1.807, 2.05) is 35.2 Å². The first-order valence-corrected chi connectivity index (χ1v) is 11.6. The first-order valence-electron chi connectivity index (χ1n) is 8.93. The Morgan fingerprint density at radius 1 is 1.36 bits per heavy atom. The van der Waals surface area contributed by atoms with Gasteiger partial charge in [-0.1, -0.05) is 35.2 Å². The van der Waals surface area contributed by atoms with Gasteiger partial charge in [0.25, 0.3) is 0 Å². The summed E-state index contributed by atoms with van der Waals surface area (Å²) in [6.07, 6.45) is 2.11. The molecule has 0 spiro atoms. The highest BCUT2D eigenvalue weighted by molar-refractivity contribution is 8.01. The second-order valence-corrected chi connectivity index (χ2v) is 9.46. The van der Waals surface area contributed by atoms with Crippen molar-refractivity contribution in [3.05, 3.63) is 46.7 Å². The van der Waals surface area contributed by atoms with Crippen LogP contribution < -0.4 is 10.1 Å². The number of aromatic nitrogens is 2. The highest BCUT2D eigenvalue weighted by Gasteiger charge is 2.30. The maximum atomic E-state index is 12.7. The second-order valence-electron chi connectivity index (χ2n) is 6.28. The Kier molecular flexibility index (Phi) is 6.13. The fourth-order valence-electron chi connectivity index (χ4n) is 3.19. The molecular formula is C19H20N4O2S3. The van der Waals surface area contributed by atoms with E-state index in [0.717, 1.165) is 35.2 Å². The van der Waals surface area contributed by atoms with Crippen LogP contribution in [0.3, 0.4) is 0 Å². The van der Waals surface area contributed by atoms with E-state index < -0.39 is 0 Å². The summed E-state index contributed by atoms with van der Waals surface area (Å²) in [7, 11) is 1.64. The zero-order valence-corrected chi connectivity index (χ0v) is 17.8. The number of carbonyl (C=O) groups excluding carboxylic acids is 1. The number of anilines is 2. The Bertz CT molecular complexity index is 929. The quantitative estimate of drug-likeness (QED) is 0.541. The summed E-state index contributed by atoms with van der Waals surface area (Å²) in [5.41, 5.74) is 0.888. The Morgan fingerprint density at radius 2 is 2.29 bits per heavy atom. The van der Waals surface area contributed by atoms with Gasteiger partial charge < -0.3 is 15.0 Å². The number of nitrogens with zero attached hydrogens (tertiary/aromatic N) is 3. The van der Waals surface area contributed by atoms with E-state index in [2.05, 4.69) is 27.0 Å². The van der Waals surface area contributed by atoms with Crippen LogP contribution in [-0.4, -0.2) is 40.4 Å². The topological polar surface area (TPSA) is 67.3 Å². The van der Waals surface area contributed by atoms with Crippen LogP contribution >= 0.6 is 34.4 Å². The lowest BCUT2D eigenvalue weighted by molar-refractivity contribution is -0.129. The third kappa shape index (κ3) is 4.48. The molecule has 1 saturated heterocycles. The number of benzene rings is 1. The zero-order chi connectivity index (χ0) is 19.3. The molecule has 1 aromatic carbocycles. The summed E-state index contributed by atoms with van der Waals surface area (Å²) < 4.78 is 6.01. The molecule has 3 heterocycles. The number of methoxy groups -OCH3 is 1. The molecule has 9 heteroatoms. The molecule has 0 aliphatic carbocycles. The third-order valence-corrected chi connectivity index (χ3v) is 7.42. The van der Waals surface area contributed by atoms with Crippen LogP contribution in [0.1, 0.15) is 23.8 Å². The lowest BCUT2D eigenvalue weighted by Crippen LogP contribution is -2.31. The van der Waals surface area contributed by atoms with Gasteiger partial charge in [0.1, 0.15) is 5.75 Å². The normalized spacial score (nSPS) is 16.3. The lowest BCUT2D eigenvalue weighted by atomic mass is 10.2. The van der Waals surface area contributed by atoms with E-state index in [4.69, 9.17) is 4.74 Å². The van der Waals surface area contributed by atoms with Crippen LogP contribution in [0, 0.1) is 0 Å². The molecule has 1 N–H and O–H groups in total. The molecule has 1 aliphatic rings. The van der Waals surface area contributed by atoms with Gasteiger partial charge in [-0.3, -0.25) is 4.79 Å². The first-order chi connectivity index (χ1) is 13.7. The smallest absolute Gasteiger partial charge is 0.233 e. The maximum Gasteiger partial charge on any atom is 0.233 e. The van der Waals surface area contributed by atoms with Crippen molar-refractivity contribution in [3.63, 3.8) is 0 Å². The number of thiophene rings is 1. The first kappa shape index (κ1) is 19.2. The molecule has 1 unspecified atom stereocenters. The number of carbonyl (C=O) groups is 1. The Labute approximate surface area is 175 Å². The van der Waals surface area contributed by atoms with Crippen LogP contribution in [0.25, 0.3) is 0 Å². The van der Waals surface area contributed by atoms with Crippen molar-refractivity contribution < 1.29 is 9.53 Å². The Hall–Kier alpha value is -2.10. The minimum atomic E-state index is 0.165. The Balaban J connectivity index is 1.33. The summed E-state index contributed by atoms with van der Waals surface area (Å²) >= 11 is 4.61. The van der Waals surface area contributed by atoms with Crippen LogP contribution in [0.4, 0.5) is 10.8 Å². The van der Waals surface area contributed by atoms with Gasteiger partial charge in [-0.25, -0.2) is 0 Å².